The summed E-state index contributed by atoms with van der Waals surface area (Å²) < 4.78 is 10.7. The topological polar surface area (TPSA) is 79.8 Å². The van der Waals surface area contributed by atoms with Crippen molar-refractivity contribution in [1.29, 1.82) is 0 Å². The zero-order valence-electron chi connectivity index (χ0n) is 12.8. The second-order valence-corrected chi connectivity index (χ2v) is 5.23. The van der Waals surface area contributed by atoms with Crippen molar-refractivity contribution in [2.45, 2.75) is 13.0 Å². The second kappa shape index (κ2) is 8.82. The van der Waals surface area contributed by atoms with Gasteiger partial charge in [0.05, 0.1) is 13.2 Å². The average Bonchev–Trinajstić information content (AvgIpc) is 2.89. The zero-order valence-corrected chi connectivity index (χ0v) is 13.6. The third-order valence-electron chi connectivity index (χ3n) is 3.54. The molecule has 1 saturated heterocycles. The van der Waals surface area contributed by atoms with Gasteiger partial charge in [0, 0.05) is 25.6 Å². The number of amides is 1. The Bertz CT molecular complexity index is 498. The lowest BCUT2D eigenvalue weighted by Gasteiger charge is -2.15. The highest BCUT2D eigenvalue weighted by molar-refractivity contribution is 5.85. The van der Waals surface area contributed by atoms with Gasteiger partial charge >= 0.3 is 0 Å². The SMILES string of the molecule is COc1cc(C)ccc1OCC(=O)NCC1CNCC1O.Cl. The minimum atomic E-state index is -0.400. The molecule has 0 radical (unpaired) electrons. The summed E-state index contributed by atoms with van der Waals surface area (Å²) in [5.41, 5.74) is 1.06. The van der Waals surface area contributed by atoms with E-state index in [0.717, 1.165) is 5.56 Å². The van der Waals surface area contributed by atoms with E-state index in [9.17, 15) is 9.90 Å². The first-order valence-corrected chi connectivity index (χ1v) is 7.03. The minimum Gasteiger partial charge on any atom is -0.493 e. The number of benzene rings is 1. The van der Waals surface area contributed by atoms with Gasteiger partial charge in [-0.15, -0.1) is 12.4 Å². The molecule has 124 valence electrons. The van der Waals surface area contributed by atoms with E-state index in [4.69, 9.17) is 9.47 Å². The molecule has 2 rings (SSSR count). The first kappa shape index (κ1) is 18.5. The van der Waals surface area contributed by atoms with Gasteiger partial charge in [0.2, 0.25) is 0 Å². The van der Waals surface area contributed by atoms with Crippen LogP contribution in [-0.2, 0) is 4.79 Å². The molecule has 7 heteroatoms. The van der Waals surface area contributed by atoms with Crippen molar-refractivity contribution in [3.63, 3.8) is 0 Å². The molecule has 6 nitrogen and oxygen atoms in total. The van der Waals surface area contributed by atoms with Crippen LogP contribution in [-0.4, -0.2) is 50.5 Å². The van der Waals surface area contributed by atoms with E-state index in [1.807, 2.05) is 19.1 Å². The first-order valence-electron chi connectivity index (χ1n) is 7.03. The average molecular weight is 331 g/mol. The summed E-state index contributed by atoms with van der Waals surface area (Å²) in [6.07, 6.45) is -0.400. The predicted octanol–water partition coefficient (Wildman–Crippen LogP) is 0.501. The number of nitrogens with one attached hydrogen (secondary N) is 2. The van der Waals surface area contributed by atoms with Crippen LogP contribution in [0.1, 0.15) is 5.56 Å². The monoisotopic (exact) mass is 330 g/mol. The summed E-state index contributed by atoms with van der Waals surface area (Å²) in [6.45, 7) is 3.63. The number of rotatable bonds is 6. The van der Waals surface area contributed by atoms with Crippen molar-refractivity contribution >= 4 is 18.3 Å². The van der Waals surface area contributed by atoms with Gasteiger partial charge in [-0.2, -0.15) is 0 Å². The number of aryl methyl sites for hydroxylation is 1. The Morgan fingerprint density at radius 2 is 2.18 bits per heavy atom. The highest BCUT2D eigenvalue weighted by Gasteiger charge is 2.25. The molecule has 0 spiro atoms. The van der Waals surface area contributed by atoms with Crippen LogP contribution in [0.2, 0.25) is 0 Å². The van der Waals surface area contributed by atoms with Crippen molar-refractivity contribution in [3.8, 4) is 11.5 Å². The predicted molar refractivity (Wildman–Crippen MR) is 85.9 cm³/mol. The number of β-amino-alcohol motifs (C(OH)–C–C–N with tert-alkyl or cyclic N) is 1. The number of aliphatic hydroxyl groups excluding tert-OH is 1. The van der Waals surface area contributed by atoms with E-state index in [2.05, 4.69) is 10.6 Å². The lowest BCUT2D eigenvalue weighted by atomic mass is 10.1. The fourth-order valence-corrected chi connectivity index (χ4v) is 2.26. The van der Waals surface area contributed by atoms with Crippen LogP contribution < -0.4 is 20.1 Å². The molecule has 1 heterocycles. The zero-order chi connectivity index (χ0) is 15.2. The van der Waals surface area contributed by atoms with Crippen LogP contribution in [0.4, 0.5) is 0 Å². The Kier molecular flexibility index (Phi) is 7.44. The number of hydrogen-bond donors (Lipinski definition) is 3. The quantitative estimate of drug-likeness (QED) is 0.708. The minimum absolute atomic E-state index is 0. The summed E-state index contributed by atoms with van der Waals surface area (Å²) in [6, 6.07) is 5.54. The third kappa shape index (κ3) is 5.05. The molecule has 2 atom stereocenters. The van der Waals surface area contributed by atoms with Crippen LogP contribution in [0.15, 0.2) is 18.2 Å². The van der Waals surface area contributed by atoms with Gasteiger partial charge in [-0.3, -0.25) is 4.79 Å². The summed E-state index contributed by atoms with van der Waals surface area (Å²) in [7, 11) is 1.57. The molecular weight excluding hydrogens is 308 g/mol. The summed E-state index contributed by atoms with van der Waals surface area (Å²) in [4.78, 5) is 11.8. The van der Waals surface area contributed by atoms with Crippen LogP contribution in [0.5, 0.6) is 11.5 Å². The maximum atomic E-state index is 11.8. The van der Waals surface area contributed by atoms with Crippen molar-refractivity contribution in [3.05, 3.63) is 23.8 Å². The van der Waals surface area contributed by atoms with Crippen molar-refractivity contribution < 1.29 is 19.4 Å². The molecule has 3 N–H and O–H groups in total. The molecular formula is C15H23ClN2O4. The van der Waals surface area contributed by atoms with Crippen molar-refractivity contribution in [2.75, 3.05) is 33.4 Å². The van der Waals surface area contributed by atoms with E-state index in [-0.39, 0.29) is 30.8 Å². The van der Waals surface area contributed by atoms with E-state index >= 15 is 0 Å². The molecule has 1 fully saturated rings. The Morgan fingerprint density at radius 1 is 1.41 bits per heavy atom. The number of halogens is 1. The number of hydrogen-bond acceptors (Lipinski definition) is 5. The smallest absolute Gasteiger partial charge is 0.257 e. The molecule has 0 aliphatic carbocycles. The van der Waals surface area contributed by atoms with Gasteiger partial charge in [0.15, 0.2) is 18.1 Å². The summed E-state index contributed by atoms with van der Waals surface area (Å²) in [5.74, 6) is 0.999. The molecule has 1 aliphatic rings. The Morgan fingerprint density at radius 3 is 2.82 bits per heavy atom. The number of carbonyl (C=O) groups excluding carboxylic acids is 1. The fraction of sp³-hybridized carbons (Fsp3) is 0.533. The molecule has 1 aliphatic heterocycles. The molecule has 0 saturated carbocycles. The number of ether oxygens (including phenoxy) is 2. The van der Waals surface area contributed by atoms with Gasteiger partial charge in [0.25, 0.3) is 5.91 Å². The summed E-state index contributed by atoms with van der Waals surface area (Å²) >= 11 is 0. The van der Waals surface area contributed by atoms with Gasteiger partial charge < -0.3 is 25.2 Å². The Labute approximate surface area is 136 Å². The molecule has 0 aromatic heterocycles. The normalized spacial score (nSPS) is 20.1. The summed E-state index contributed by atoms with van der Waals surface area (Å²) in [5, 5.41) is 15.5. The molecule has 0 bridgehead atoms. The van der Waals surface area contributed by atoms with E-state index < -0.39 is 6.10 Å². The van der Waals surface area contributed by atoms with Gasteiger partial charge in [-0.05, 0) is 24.6 Å². The standard InChI is InChI=1S/C15H22N2O4.ClH/c1-10-3-4-13(14(5-10)20-2)21-9-15(19)17-7-11-6-16-8-12(11)18;/h3-5,11-12,16,18H,6-9H2,1-2H3,(H,17,19);1H. The lowest BCUT2D eigenvalue weighted by molar-refractivity contribution is -0.123. The Balaban J connectivity index is 0.00000242. The second-order valence-electron chi connectivity index (χ2n) is 5.23. The van der Waals surface area contributed by atoms with Crippen molar-refractivity contribution in [2.24, 2.45) is 5.92 Å². The third-order valence-corrected chi connectivity index (χ3v) is 3.54. The molecule has 22 heavy (non-hydrogen) atoms. The Hall–Kier alpha value is -1.50. The molecule has 1 amide bonds. The molecule has 1 aromatic rings. The number of methoxy groups -OCH3 is 1. The number of aliphatic hydroxyl groups is 1. The maximum absolute atomic E-state index is 11.8. The van der Waals surface area contributed by atoms with Crippen LogP contribution >= 0.6 is 12.4 Å². The highest BCUT2D eigenvalue weighted by Crippen LogP contribution is 2.27. The van der Waals surface area contributed by atoms with Gasteiger partial charge in [-0.1, -0.05) is 6.07 Å². The lowest BCUT2D eigenvalue weighted by Crippen LogP contribution is -2.36. The first-order chi connectivity index (χ1) is 10.1. The molecule has 2 unspecified atom stereocenters. The molecule has 1 aromatic carbocycles. The van der Waals surface area contributed by atoms with Gasteiger partial charge in [-0.25, -0.2) is 0 Å². The maximum Gasteiger partial charge on any atom is 0.257 e. The fourth-order valence-electron chi connectivity index (χ4n) is 2.26. The highest BCUT2D eigenvalue weighted by atomic mass is 35.5. The van der Waals surface area contributed by atoms with E-state index in [1.54, 1.807) is 13.2 Å². The number of carbonyl (C=O) groups is 1. The largest absolute Gasteiger partial charge is 0.493 e. The van der Waals surface area contributed by atoms with E-state index in [0.29, 0.717) is 31.1 Å². The van der Waals surface area contributed by atoms with Gasteiger partial charge in [0.1, 0.15) is 0 Å². The van der Waals surface area contributed by atoms with Crippen LogP contribution in [0, 0.1) is 12.8 Å². The van der Waals surface area contributed by atoms with Crippen molar-refractivity contribution in [1.82, 2.24) is 10.6 Å². The van der Waals surface area contributed by atoms with Crippen LogP contribution in [0.25, 0.3) is 0 Å². The van der Waals surface area contributed by atoms with Crippen LogP contribution in [0.3, 0.4) is 0 Å². The van der Waals surface area contributed by atoms with E-state index in [1.165, 1.54) is 0 Å².